The zero-order chi connectivity index (χ0) is 23.7. The van der Waals surface area contributed by atoms with E-state index in [-0.39, 0.29) is 10.8 Å². The Labute approximate surface area is 198 Å². The second kappa shape index (κ2) is 9.49. The topological polar surface area (TPSA) is 6.48 Å². The van der Waals surface area contributed by atoms with Crippen LogP contribution in [-0.4, -0.2) is 13.1 Å². The van der Waals surface area contributed by atoms with Gasteiger partial charge < -0.3 is 9.80 Å². The van der Waals surface area contributed by atoms with E-state index in [1.807, 2.05) is 0 Å². The van der Waals surface area contributed by atoms with Crippen molar-refractivity contribution in [2.45, 2.75) is 88.0 Å². The van der Waals surface area contributed by atoms with Crippen LogP contribution < -0.4 is 9.80 Å². The number of aryl methyl sites for hydroxylation is 1. The van der Waals surface area contributed by atoms with Gasteiger partial charge in [0.25, 0.3) is 0 Å². The van der Waals surface area contributed by atoms with Crippen LogP contribution in [0.4, 0.5) is 22.7 Å². The maximum Gasteiger partial charge on any atom is 0.0685 e. The minimum atomic E-state index is 0.201. The van der Waals surface area contributed by atoms with Gasteiger partial charge in [-0.2, -0.15) is 0 Å². The molecule has 2 heteroatoms. The van der Waals surface area contributed by atoms with Gasteiger partial charge in [0.05, 0.1) is 22.7 Å². The zero-order valence-electron chi connectivity index (χ0n) is 22.2. The first-order valence-electron chi connectivity index (χ1n) is 12.8. The third-order valence-electron chi connectivity index (χ3n) is 6.62. The van der Waals surface area contributed by atoms with Gasteiger partial charge >= 0.3 is 0 Å². The van der Waals surface area contributed by atoms with Gasteiger partial charge in [0.15, 0.2) is 0 Å². The third-order valence-corrected chi connectivity index (χ3v) is 6.62. The first kappa shape index (κ1) is 24.7. The number of hydrogen-bond acceptors (Lipinski definition) is 2. The quantitative estimate of drug-likeness (QED) is 0.429. The molecule has 0 bridgehead atoms. The van der Waals surface area contributed by atoms with Crippen LogP contribution in [0.25, 0.3) is 0 Å². The molecule has 0 spiro atoms. The van der Waals surface area contributed by atoms with Gasteiger partial charge in [0.2, 0.25) is 0 Å². The Hall–Kier alpha value is -1.96. The largest absolute Gasteiger partial charge is 0.338 e. The van der Waals surface area contributed by atoms with Crippen LogP contribution in [-0.2, 0) is 12.8 Å². The fourth-order valence-electron chi connectivity index (χ4n) is 4.93. The normalized spacial score (nSPS) is 14.1. The molecule has 0 fully saturated rings. The molecular formula is C30H46N2. The molecule has 2 aromatic carbocycles. The highest BCUT2D eigenvalue weighted by atomic mass is 15.3. The maximum absolute atomic E-state index is 2.64. The number of nitrogens with zero attached hydrogens (tertiary/aromatic N) is 2. The molecule has 3 rings (SSSR count). The summed E-state index contributed by atoms with van der Waals surface area (Å²) in [6.45, 7) is 23.1. The van der Waals surface area contributed by atoms with Gasteiger partial charge in [0, 0.05) is 13.1 Å². The van der Waals surface area contributed by atoms with Crippen LogP contribution >= 0.6 is 0 Å². The molecule has 0 saturated heterocycles. The summed E-state index contributed by atoms with van der Waals surface area (Å²) >= 11 is 0. The average Bonchev–Trinajstić information content (AvgIpc) is 2.72. The Morgan fingerprint density at radius 2 is 1.34 bits per heavy atom. The summed E-state index contributed by atoms with van der Waals surface area (Å²) in [6.07, 6.45) is 4.70. The molecule has 0 amide bonds. The monoisotopic (exact) mass is 434 g/mol. The number of fused-ring (bicyclic) bond motifs is 2. The van der Waals surface area contributed by atoms with E-state index in [0.29, 0.717) is 0 Å². The van der Waals surface area contributed by atoms with E-state index < -0.39 is 0 Å². The number of para-hydroxylation sites is 1. The summed E-state index contributed by atoms with van der Waals surface area (Å²) in [4.78, 5) is 5.25. The summed E-state index contributed by atoms with van der Waals surface area (Å²) in [7, 11) is 0. The summed E-state index contributed by atoms with van der Waals surface area (Å²) in [5.41, 5.74) is 8.88. The molecule has 0 radical (unpaired) electrons. The van der Waals surface area contributed by atoms with Crippen LogP contribution in [0.5, 0.6) is 0 Å². The van der Waals surface area contributed by atoms with Crippen molar-refractivity contribution >= 4 is 22.7 Å². The molecule has 0 aromatic heterocycles. The zero-order valence-corrected chi connectivity index (χ0v) is 22.2. The van der Waals surface area contributed by atoms with Gasteiger partial charge in [0.1, 0.15) is 0 Å². The highest BCUT2D eigenvalue weighted by Crippen LogP contribution is 2.52. The Morgan fingerprint density at radius 1 is 0.719 bits per heavy atom. The summed E-state index contributed by atoms with van der Waals surface area (Å²) in [6, 6.07) is 14.2. The molecule has 2 aromatic rings. The molecule has 0 aliphatic carbocycles. The number of rotatable bonds is 7. The van der Waals surface area contributed by atoms with Crippen molar-refractivity contribution in [2.75, 3.05) is 22.9 Å². The summed E-state index contributed by atoms with van der Waals surface area (Å²) < 4.78 is 0. The second-order valence-electron chi connectivity index (χ2n) is 12.1. The molecule has 1 aliphatic rings. The SMILES string of the molecule is CCc1ccc2c(c1)N(CC(C)(C)C)c1cccc(CC(CC)CC)c1N2CC(C)(C)C. The van der Waals surface area contributed by atoms with Crippen molar-refractivity contribution in [1.29, 1.82) is 0 Å². The third kappa shape index (κ3) is 5.50. The molecule has 0 unspecified atom stereocenters. The first-order valence-corrected chi connectivity index (χ1v) is 12.8. The van der Waals surface area contributed by atoms with Gasteiger partial charge in [-0.15, -0.1) is 0 Å². The molecule has 176 valence electrons. The van der Waals surface area contributed by atoms with Crippen LogP contribution in [0.3, 0.4) is 0 Å². The van der Waals surface area contributed by atoms with Crippen LogP contribution in [0.15, 0.2) is 36.4 Å². The van der Waals surface area contributed by atoms with Gasteiger partial charge in [-0.25, -0.2) is 0 Å². The van der Waals surface area contributed by atoms with Crippen molar-refractivity contribution in [2.24, 2.45) is 16.7 Å². The molecule has 0 saturated carbocycles. The minimum Gasteiger partial charge on any atom is -0.338 e. The molecule has 0 N–H and O–H groups in total. The minimum absolute atomic E-state index is 0.201. The van der Waals surface area contributed by atoms with E-state index in [9.17, 15) is 0 Å². The Balaban J connectivity index is 2.26. The number of benzene rings is 2. The summed E-state index contributed by atoms with van der Waals surface area (Å²) in [5, 5.41) is 0. The molecular weight excluding hydrogens is 388 g/mol. The molecule has 32 heavy (non-hydrogen) atoms. The average molecular weight is 435 g/mol. The predicted octanol–water partition coefficient (Wildman–Crippen LogP) is 8.91. The first-order chi connectivity index (χ1) is 15.0. The van der Waals surface area contributed by atoms with Gasteiger partial charge in [-0.3, -0.25) is 0 Å². The molecule has 1 heterocycles. The van der Waals surface area contributed by atoms with E-state index in [2.05, 4.69) is 109 Å². The fourth-order valence-corrected chi connectivity index (χ4v) is 4.93. The van der Waals surface area contributed by atoms with E-state index >= 15 is 0 Å². The van der Waals surface area contributed by atoms with Crippen molar-refractivity contribution < 1.29 is 0 Å². The lowest BCUT2D eigenvalue weighted by atomic mass is 9.88. The summed E-state index contributed by atoms with van der Waals surface area (Å²) in [5.74, 6) is 0.734. The lowest BCUT2D eigenvalue weighted by molar-refractivity contribution is 0.416. The van der Waals surface area contributed by atoms with Crippen molar-refractivity contribution in [3.63, 3.8) is 0 Å². The van der Waals surface area contributed by atoms with Crippen molar-refractivity contribution in [1.82, 2.24) is 0 Å². The van der Waals surface area contributed by atoms with Crippen molar-refractivity contribution in [3.8, 4) is 0 Å². The lowest BCUT2D eigenvalue weighted by Gasteiger charge is -2.45. The standard InChI is InChI=1S/C30H46N2/c1-10-22(11-2)18-24-14-13-15-26-28(24)32(21-30(7,8)9)25-17-16-23(12-3)19-27(25)31(26)20-29(4,5)6/h13-17,19,22H,10-12,18,20-21H2,1-9H3. The Bertz CT molecular complexity index is 909. The van der Waals surface area contributed by atoms with Crippen LogP contribution in [0, 0.1) is 16.7 Å². The number of anilines is 4. The maximum atomic E-state index is 2.64. The second-order valence-corrected chi connectivity index (χ2v) is 12.1. The molecule has 0 atom stereocenters. The Kier molecular flexibility index (Phi) is 7.32. The van der Waals surface area contributed by atoms with E-state index in [0.717, 1.165) is 31.8 Å². The highest BCUT2D eigenvalue weighted by molar-refractivity contribution is 5.95. The van der Waals surface area contributed by atoms with Gasteiger partial charge in [-0.05, 0) is 58.9 Å². The molecule has 1 aliphatic heterocycles. The van der Waals surface area contributed by atoms with Crippen LogP contribution in [0.1, 0.15) is 86.3 Å². The predicted molar refractivity (Wildman–Crippen MR) is 143 cm³/mol. The molecule has 2 nitrogen and oxygen atoms in total. The van der Waals surface area contributed by atoms with E-state index in [1.54, 1.807) is 0 Å². The smallest absolute Gasteiger partial charge is 0.0685 e. The lowest BCUT2D eigenvalue weighted by Crippen LogP contribution is -2.38. The number of hydrogen-bond donors (Lipinski definition) is 0. The van der Waals surface area contributed by atoms with Gasteiger partial charge in [-0.1, -0.05) is 93.4 Å². The fraction of sp³-hybridized carbons (Fsp3) is 0.600. The highest BCUT2D eigenvalue weighted by Gasteiger charge is 2.34. The van der Waals surface area contributed by atoms with Crippen LogP contribution in [0.2, 0.25) is 0 Å². The van der Waals surface area contributed by atoms with E-state index in [1.165, 1.54) is 46.7 Å². The van der Waals surface area contributed by atoms with Crippen molar-refractivity contribution in [3.05, 3.63) is 47.5 Å². The van der Waals surface area contributed by atoms with E-state index in [4.69, 9.17) is 0 Å². The Morgan fingerprint density at radius 3 is 1.91 bits per heavy atom.